The Bertz CT molecular complexity index is 1250. The van der Waals surface area contributed by atoms with Crippen LogP contribution in [0.3, 0.4) is 0 Å². The first kappa shape index (κ1) is 27.3. The number of benzene rings is 3. The van der Waals surface area contributed by atoms with E-state index in [1.165, 1.54) is 0 Å². The van der Waals surface area contributed by atoms with Gasteiger partial charge in [-0.15, -0.1) is 0 Å². The largest absolute Gasteiger partial charge is 0.378 e. The molecule has 0 fully saturated rings. The molecule has 0 radical (unpaired) electrons. The number of anilines is 3. The average molecular weight is 517 g/mol. The Kier molecular flexibility index (Phi) is 8.90. The van der Waals surface area contributed by atoms with Crippen LogP contribution in [0.4, 0.5) is 17.1 Å². The maximum absolute atomic E-state index is 4.69. The first-order chi connectivity index (χ1) is 18.8. The molecular formula is C33H36N6. The lowest BCUT2D eigenvalue weighted by Gasteiger charge is -2.11. The van der Waals surface area contributed by atoms with E-state index in [2.05, 4.69) is 102 Å². The van der Waals surface area contributed by atoms with Gasteiger partial charge in [-0.2, -0.15) is 0 Å². The highest BCUT2D eigenvalue weighted by atomic mass is 15.1. The van der Waals surface area contributed by atoms with Gasteiger partial charge in [0.15, 0.2) is 17.5 Å². The van der Waals surface area contributed by atoms with Crippen molar-refractivity contribution in [2.24, 2.45) is 0 Å². The van der Waals surface area contributed by atoms with E-state index in [0.717, 1.165) is 33.8 Å². The molecule has 0 atom stereocenters. The van der Waals surface area contributed by atoms with Crippen LogP contribution in [0.15, 0.2) is 72.8 Å². The predicted octanol–water partition coefficient (Wildman–Crippen LogP) is 6.58. The summed E-state index contributed by atoms with van der Waals surface area (Å²) in [5.41, 5.74) is 6.71. The molecule has 4 rings (SSSR count). The summed E-state index contributed by atoms with van der Waals surface area (Å²) >= 11 is 0. The first-order valence-electron chi connectivity index (χ1n) is 12.9. The molecule has 0 saturated carbocycles. The van der Waals surface area contributed by atoms with Gasteiger partial charge in [0.1, 0.15) is 0 Å². The fourth-order valence-corrected chi connectivity index (χ4v) is 3.81. The number of aromatic nitrogens is 3. The van der Waals surface area contributed by atoms with E-state index in [0.29, 0.717) is 17.5 Å². The molecule has 0 N–H and O–H groups in total. The van der Waals surface area contributed by atoms with Crippen molar-refractivity contribution in [2.75, 3.05) is 57.0 Å². The zero-order valence-electron chi connectivity index (χ0n) is 23.6. The van der Waals surface area contributed by atoms with E-state index >= 15 is 0 Å². The molecule has 1 heterocycles. The van der Waals surface area contributed by atoms with Gasteiger partial charge in [0, 0.05) is 59.3 Å². The van der Waals surface area contributed by atoms with Crippen molar-refractivity contribution in [1.82, 2.24) is 15.0 Å². The molecule has 198 valence electrons. The van der Waals surface area contributed by atoms with Crippen LogP contribution >= 0.6 is 0 Å². The average Bonchev–Trinajstić information content (AvgIpc) is 2.94. The predicted molar refractivity (Wildman–Crippen MR) is 169 cm³/mol. The van der Waals surface area contributed by atoms with Crippen LogP contribution in [-0.4, -0.2) is 57.2 Å². The van der Waals surface area contributed by atoms with E-state index in [-0.39, 0.29) is 0 Å². The van der Waals surface area contributed by atoms with Gasteiger partial charge in [-0.1, -0.05) is 54.6 Å². The summed E-state index contributed by atoms with van der Waals surface area (Å²) in [7, 11) is 12.2. The lowest BCUT2D eigenvalue weighted by atomic mass is 10.1. The molecule has 0 aliphatic rings. The molecule has 6 heteroatoms. The van der Waals surface area contributed by atoms with Crippen molar-refractivity contribution >= 4 is 53.5 Å². The van der Waals surface area contributed by atoms with Crippen LogP contribution in [0.2, 0.25) is 0 Å². The first-order valence-corrected chi connectivity index (χ1v) is 12.9. The minimum absolute atomic E-state index is 0.604. The summed E-state index contributed by atoms with van der Waals surface area (Å²) in [4.78, 5) is 20.3. The third-order valence-corrected chi connectivity index (χ3v) is 6.19. The lowest BCUT2D eigenvalue weighted by molar-refractivity contribution is 0.991. The maximum atomic E-state index is 4.69. The summed E-state index contributed by atoms with van der Waals surface area (Å²) in [6.07, 6.45) is 11.9. The number of hydrogen-bond donors (Lipinski definition) is 0. The molecule has 0 amide bonds. The van der Waals surface area contributed by atoms with Gasteiger partial charge in [-0.3, -0.25) is 0 Å². The Morgan fingerprint density at radius 3 is 0.795 bits per heavy atom. The Morgan fingerprint density at radius 2 is 0.590 bits per heavy atom. The third-order valence-electron chi connectivity index (χ3n) is 6.19. The van der Waals surface area contributed by atoms with Crippen LogP contribution in [0, 0.1) is 0 Å². The molecule has 4 aromatic rings. The molecule has 0 aliphatic carbocycles. The Balaban J connectivity index is 1.61. The highest BCUT2D eigenvalue weighted by Gasteiger charge is 2.03. The molecule has 1 aromatic heterocycles. The normalized spacial score (nSPS) is 11.5. The molecule has 0 aliphatic heterocycles. The standard InChI is InChI=1S/C33H36N6/c1-37(2)28-16-7-25(8-17-28)13-22-31-34-32(23-14-26-9-18-29(19-10-26)38(3)4)36-33(35-31)24-15-27-11-20-30(21-12-27)39(5)6/h7-24H,1-6H3. The van der Waals surface area contributed by atoms with Crippen LogP contribution < -0.4 is 14.7 Å². The van der Waals surface area contributed by atoms with Crippen LogP contribution in [0.5, 0.6) is 0 Å². The zero-order valence-corrected chi connectivity index (χ0v) is 23.6. The Morgan fingerprint density at radius 1 is 0.359 bits per heavy atom. The van der Waals surface area contributed by atoms with Crippen molar-refractivity contribution in [1.29, 1.82) is 0 Å². The second kappa shape index (κ2) is 12.7. The van der Waals surface area contributed by atoms with Crippen molar-refractivity contribution < 1.29 is 0 Å². The van der Waals surface area contributed by atoms with Gasteiger partial charge >= 0.3 is 0 Å². The molecule has 0 saturated heterocycles. The fourth-order valence-electron chi connectivity index (χ4n) is 3.81. The van der Waals surface area contributed by atoms with Crippen molar-refractivity contribution in [3.05, 3.63) is 107 Å². The van der Waals surface area contributed by atoms with E-state index < -0.39 is 0 Å². The minimum atomic E-state index is 0.604. The van der Waals surface area contributed by atoms with Gasteiger partial charge in [0.25, 0.3) is 0 Å². The van der Waals surface area contributed by atoms with Crippen molar-refractivity contribution in [2.45, 2.75) is 0 Å². The smallest absolute Gasteiger partial charge is 0.156 e. The molecule has 39 heavy (non-hydrogen) atoms. The Labute approximate surface area is 232 Å². The summed E-state index contributed by atoms with van der Waals surface area (Å²) in [6.45, 7) is 0. The quantitative estimate of drug-likeness (QED) is 0.250. The van der Waals surface area contributed by atoms with E-state index in [9.17, 15) is 0 Å². The van der Waals surface area contributed by atoms with Crippen LogP contribution in [0.25, 0.3) is 36.5 Å². The highest BCUT2D eigenvalue weighted by Crippen LogP contribution is 2.17. The summed E-state index contributed by atoms with van der Waals surface area (Å²) in [5.74, 6) is 1.81. The van der Waals surface area contributed by atoms with Gasteiger partial charge in [-0.25, -0.2) is 15.0 Å². The summed E-state index contributed by atoms with van der Waals surface area (Å²) in [6, 6.07) is 25.1. The summed E-state index contributed by atoms with van der Waals surface area (Å²) < 4.78 is 0. The third kappa shape index (κ3) is 7.89. The van der Waals surface area contributed by atoms with Crippen molar-refractivity contribution in [3.8, 4) is 0 Å². The van der Waals surface area contributed by atoms with E-state index in [1.54, 1.807) is 0 Å². The van der Waals surface area contributed by atoms with Gasteiger partial charge < -0.3 is 14.7 Å². The van der Waals surface area contributed by atoms with Crippen LogP contribution in [-0.2, 0) is 0 Å². The molecule has 0 unspecified atom stereocenters. The number of nitrogens with zero attached hydrogens (tertiary/aromatic N) is 6. The fraction of sp³-hybridized carbons (Fsp3) is 0.182. The number of hydrogen-bond acceptors (Lipinski definition) is 6. The SMILES string of the molecule is CN(C)c1ccc(C=Cc2nc(C=Cc3ccc(N(C)C)cc3)nc(C=Cc3ccc(N(C)C)cc3)n2)cc1. The molecule has 3 aromatic carbocycles. The number of rotatable bonds is 9. The maximum Gasteiger partial charge on any atom is 0.156 e. The highest BCUT2D eigenvalue weighted by molar-refractivity contribution is 5.73. The lowest BCUT2D eigenvalue weighted by Crippen LogP contribution is -2.07. The second-order valence-electron chi connectivity index (χ2n) is 9.87. The van der Waals surface area contributed by atoms with E-state index in [1.807, 2.05) is 78.7 Å². The van der Waals surface area contributed by atoms with Gasteiger partial charge in [0.2, 0.25) is 0 Å². The minimum Gasteiger partial charge on any atom is -0.378 e. The van der Waals surface area contributed by atoms with Gasteiger partial charge in [-0.05, 0) is 71.3 Å². The van der Waals surface area contributed by atoms with E-state index in [4.69, 9.17) is 0 Å². The van der Waals surface area contributed by atoms with Crippen LogP contribution in [0.1, 0.15) is 34.2 Å². The second-order valence-corrected chi connectivity index (χ2v) is 9.87. The molecule has 6 nitrogen and oxygen atoms in total. The molecular weight excluding hydrogens is 480 g/mol. The van der Waals surface area contributed by atoms with Gasteiger partial charge in [0.05, 0.1) is 0 Å². The monoisotopic (exact) mass is 516 g/mol. The Hall–Kier alpha value is -4.71. The molecule has 0 bridgehead atoms. The zero-order chi connectivity index (χ0) is 27.8. The molecule has 0 spiro atoms. The topological polar surface area (TPSA) is 48.4 Å². The summed E-state index contributed by atoms with van der Waals surface area (Å²) in [5, 5.41) is 0. The van der Waals surface area contributed by atoms with Crippen molar-refractivity contribution in [3.63, 3.8) is 0 Å².